The Kier molecular flexibility index (Phi) is 5.33. The zero-order valence-corrected chi connectivity index (χ0v) is 15.8. The second-order valence-corrected chi connectivity index (χ2v) is 6.77. The highest BCUT2D eigenvalue weighted by Gasteiger charge is 2.24. The molecule has 4 rings (SSSR count). The molecule has 1 heterocycles. The highest BCUT2D eigenvalue weighted by Crippen LogP contribution is 2.30. The average molecular weight is 377 g/mol. The van der Waals surface area contributed by atoms with Crippen molar-refractivity contribution in [2.24, 2.45) is 0 Å². The van der Waals surface area contributed by atoms with Gasteiger partial charge < -0.3 is 19.5 Å². The van der Waals surface area contributed by atoms with E-state index in [4.69, 9.17) is 14.2 Å². The van der Waals surface area contributed by atoms with E-state index in [1.165, 1.54) is 0 Å². The van der Waals surface area contributed by atoms with Crippen LogP contribution in [0.1, 0.15) is 13.3 Å². The summed E-state index contributed by atoms with van der Waals surface area (Å²) in [7, 11) is 0. The first kappa shape index (κ1) is 18.2. The summed E-state index contributed by atoms with van der Waals surface area (Å²) in [5.74, 6) is 1.97. The normalized spacial score (nSPS) is 16.4. The molecule has 1 amide bonds. The van der Waals surface area contributed by atoms with Crippen molar-refractivity contribution in [1.29, 1.82) is 0 Å². The van der Waals surface area contributed by atoms with Gasteiger partial charge in [0, 0.05) is 0 Å². The first-order chi connectivity index (χ1) is 13.7. The number of carbonyl (C=O) groups is 1. The van der Waals surface area contributed by atoms with Gasteiger partial charge in [0.2, 0.25) is 0 Å². The van der Waals surface area contributed by atoms with Crippen molar-refractivity contribution in [3.05, 3.63) is 66.7 Å². The smallest absolute Gasteiger partial charge is 0.261 e. The van der Waals surface area contributed by atoms with E-state index in [1.807, 2.05) is 73.7 Å². The molecule has 0 aliphatic carbocycles. The third-order valence-electron chi connectivity index (χ3n) is 4.73. The summed E-state index contributed by atoms with van der Waals surface area (Å²) in [6.07, 6.45) is -0.209. The van der Waals surface area contributed by atoms with Crippen molar-refractivity contribution in [2.45, 2.75) is 25.6 Å². The van der Waals surface area contributed by atoms with Gasteiger partial charge in [0.1, 0.15) is 18.5 Å². The molecule has 0 aromatic heterocycles. The quantitative estimate of drug-likeness (QED) is 0.707. The Morgan fingerprint density at radius 2 is 1.82 bits per heavy atom. The summed E-state index contributed by atoms with van der Waals surface area (Å²) in [5, 5.41) is 5.15. The monoisotopic (exact) mass is 377 g/mol. The maximum Gasteiger partial charge on any atom is 0.261 e. The van der Waals surface area contributed by atoms with Crippen LogP contribution in [-0.4, -0.2) is 31.3 Å². The maximum atomic E-state index is 12.6. The van der Waals surface area contributed by atoms with E-state index in [0.717, 1.165) is 16.5 Å². The topological polar surface area (TPSA) is 56.8 Å². The van der Waals surface area contributed by atoms with E-state index in [2.05, 4.69) is 5.32 Å². The van der Waals surface area contributed by atoms with Crippen molar-refractivity contribution in [2.75, 3.05) is 13.2 Å². The molecule has 2 atom stereocenters. The van der Waals surface area contributed by atoms with Crippen LogP contribution in [0.2, 0.25) is 0 Å². The number of amides is 1. The van der Waals surface area contributed by atoms with Gasteiger partial charge in [0.15, 0.2) is 17.6 Å². The SMILES string of the molecule is CC[C@@H](Oc1ccc2ccccc2c1)C(=O)NC[C@H]1COc2ccccc2O1. The molecule has 3 aromatic rings. The van der Waals surface area contributed by atoms with Crippen LogP contribution in [0.4, 0.5) is 0 Å². The second-order valence-electron chi connectivity index (χ2n) is 6.77. The first-order valence-electron chi connectivity index (χ1n) is 9.54. The van der Waals surface area contributed by atoms with Crippen LogP contribution in [0.3, 0.4) is 0 Å². The summed E-state index contributed by atoms with van der Waals surface area (Å²) in [4.78, 5) is 12.6. The summed E-state index contributed by atoms with van der Waals surface area (Å²) >= 11 is 0. The Hall–Kier alpha value is -3.21. The van der Waals surface area contributed by atoms with Crippen LogP contribution in [0.15, 0.2) is 66.7 Å². The number of nitrogens with one attached hydrogen (secondary N) is 1. The van der Waals surface area contributed by atoms with Crippen molar-refractivity contribution < 1.29 is 19.0 Å². The summed E-state index contributed by atoms with van der Waals surface area (Å²) in [6, 6.07) is 21.5. The Labute approximate surface area is 164 Å². The van der Waals surface area contributed by atoms with Gasteiger partial charge >= 0.3 is 0 Å². The fourth-order valence-corrected chi connectivity index (χ4v) is 3.22. The number of rotatable bonds is 6. The van der Waals surface area contributed by atoms with E-state index in [-0.39, 0.29) is 12.0 Å². The van der Waals surface area contributed by atoms with Crippen molar-refractivity contribution >= 4 is 16.7 Å². The molecule has 3 aromatic carbocycles. The lowest BCUT2D eigenvalue weighted by Crippen LogP contribution is -2.45. The first-order valence-corrected chi connectivity index (χ1v) is 9.54. The highest BCUT2D eigenvalue weighted by molar-refractivity contribution is 5.84. The van der Waals surface area contributed by atoms with Crippen molar-refractivity contribution in [1.82, 2.24) is 5.32 Å². The van der Waals surface area contributed by atoms with Crippen LogP contribution in [0, 0.1) is 0 Å². The molecule has 5 nitrogen and oxygen atoms in total. The molecule has 0 saturated heterocycles. The predicted molar refractivity (Wildman–Crippen MR) is 108 cm³/mol. The largest absolute Gasteiger partial charge is 0.486 e. The lowest BCUT2D eigenvalue weighted by molar-refractivity contribution is -0.128. The minimum Gasteiger partial charge on any atom is -0.486 e. The third kappa shape index (κ3) is 4.03. The molecule has 0 spiro atoms. The van der Waals surface area contributed by atoms with E-state index < -0.39 is 6.10 Å². The zero-order valence-electron chi connectivity index (χ0n) is 15.8. The molecule has 0 bridgehead atoms. The zero-order chi connectivity index (χ0) is 19.3. The van der Waals surface area contributed by atoms with Gasteiger partial charge in [-0.2, -0.15) is 0 Å². The van der Waals surface area contributed by atoms with Crippen molar-refractivity contribution in [3.63, 3.8) is 0 Å². The minimum atomic E-state index is -0.557. The average Bonchev–Trinajstić information content (AvgIpc) is 2.75. The third-order valence-corrected chi connectivity index (χ3v) is 4.73. The van der Waals surface area contributed by atoms with E-state index >= 15 is 0 Å². The van der Waals surface area contributed by atoms with Gasteiger partial charge in [-0.15, -0.1) is 0 Å². The van der Waals surface area contributed by atoms with Gasteiger partial charge in [-0.25, -0.2) is 0 Å². The summed E-state index contributed by atoms with van der Waals surface area (Å²) in [6.45, 7) is 2.70. The Balaban J connectivity index is 1.35. The Morgan fingerprint density at radius 1 is 1.07 bits per heavy atom. The highest BCUT2D eigenvalue weighted by atomic mass is 16.6. The van der Waals surface area contributed by atoms with Gasteiger partial charge in [0.05, 0.1) is 6.54 Å². The number of fused-ring (bicyclic) bond motifs is 2. The summed E-state index contributed by atoms with van der Waals surface area (Å²) < 4.78 is 17.5. The minimum absolute atomic E-state index is 0.155. The molecule has 0 unspecified atom stereocenters. The summed E-state index contributed by atoms with van der Waals surface area (Å²) in [5.41, 5.74) is 0. The molecule has 0 saturated carbocycles. The number of carbonyl (C=O) groups excluding carboxylic acids is 1. The van der Waals surface area contributed by atoms with Gasteiger partial charge in [-0.1, -0.05) is 49.4 Å². The Morgan fingerprint density at radius 3 is 2.64 bits per heavy atom. The number of hydrogen-bond donors (Lipinski definition) is 1. The standard InChI is InChI=1S/C23H23NO4/c1-2-20(27-18-12-11-16-7-3-4-8-17(16)13-18)23(25)24-14-19-15-26-21-9-5-6-10-22(21)28-19/h3-13,19-20H,2,14-15H2,1H3,(H,24,25)/t19-,20+/m0/s1. The molecular formula is C23H23NO4. The molecule has 28 heavy (non-hydrogen) atoms. The van der Waals surface area contributed by atoms with Crippen molar-refractivity contribution in [3.8, 4) is 17.2 Å². The van der Waals surface area contributed by atoms with Gasteiger partial charge in [-0.05, 0) is 41.5 Å². The van der Waals surface area contributed by atoms with E-state index in [0.29, 0.717) is 31.1 Å². The van der Waals surface area contributed by atoms with Crippen LogP contribution in [0.5, 0.6) is 17.2 Å². The molecular weight excluding hydrogens is 354 g/mol. The molecule has 1 aliphatic heterocycles. The molecule has 1 N–H and O–H groups in total. The molecule has 144 valence electrons. The lowest BCUT2D eigenvalue weighted by Gasteiger charge is -2.27. The van der Waals surface area contributed by atoms with Crippen LogP contribution >= 0.6 is 0 Å². The Bertz CT molecular complexity index is 971. The van der Waals surface area contributed by atoms with Crippen LogP contribution in [-0.2, 0) is 4.79 Å². The number of hydrogen-bond acceptors (Lipinski definition) is 4. The number of benzene rings is 3. The molecule has 0 fully saturated rings. The predicted octanol–water partition coefficient (Wildman–Crippen LogP) is 3.95. The van der Waals surface area contributed by atoms with E-state index in [9.17, 15) is 4.79 Å². The van der Waals surface area contributed by atoms with Gasteiger partial charge in [0.25, 0.3) is 5.91 Å². The molecule has 0 radical (unpaired) electrons. The lowest BCUT2D eigenvalue weighted by atomic mass is 10.1. The number of para-hydroxylation sites is 2. The second kappa shape index (κ2) is 8.21. The van der Waals surface area contributed by atoms with E-state index in [1.54, 1.807) is 0 Å². The molecule has 1 aliphatic rings. The fourth-order valence-electron chi connectivity index (χ4n) is 3.22. The van der Waals surface area contributed by atoms with Crippen LogP contribution < -0.4 is 19.5 Å². The van der Waals surface area contributed by atoms with Crippen LogP contribution in [0.25, 0.3) is 10.8 Å². The number of ether oxygens (including phenoxy) is 3. The molecule has 5 heteroatoms. The van der Waals surface area contributed by atoms with Gasteiger partial charge in [-0.3, -0.25) is 4.79 Å². The maximum absolute atomic E-state index is 12.6. The fraction of sp³-hybridized carbons (Fsp3) is 0.261.